The van der Waals surface area contributed by atoms with E-state index in [1.165, 1.54) is 5.56 Å². The van der Waals surface area contributed by atoms with Crippen LogP contribution in [0.5, 0.6) is 5.75 Å². The summed E-state index contributed by atoms with van der Waals surface area (Å²) in [5, 5.41) is 4.41. The highest BCUT2D eigenvalue weighted by atomic mass is 16.5. The number of hydrogen-bond donors (Lipinski definition) is 1. The molecule has 148 valence electrons. The van der Waals surface area contributed by atoms with Gasteiger partial charge in [0.1, 0.15) is 11.4 Å². The Balaban J connectivity index is 0.000000321. The molecular weight excluding hydrogens is 344 g/mol. The van der Waals surface area contributed by atoms with Gasteiger partial charge in [-0.3, -0.25) is 9.48 Å². The summed E-state index contributed by atoms with van der Waals surface area (Å²) in [6.45, 7) is 8.06. The molecule has 2 N–H and O–H groups in total. The van der Waals surface area contributed by atoms with E-state index in [4.69, 9.17) is 10.5 Å². The van der Waals surface area contributed by atoms with E-state index in [0.717, 1.165) is 18.8 Å². The van der Waals surface area contributed by atoms with Crippen molar-refractivity contribution in [3.05, 3.63) is 42.2 Å². The number of methoxy groups -OCH3 is 1. The van der Waals surface area contributed by atoms with Gasteiger partial charge in [-0.15, -0.1) is 0 Å². The van der Waals surface area contributed by atoms with Crippen LogP contribution in [-0.4, -0.2) is 54.0 Å². The van der Waals surface area contributed by atoms with Crippen LogP contribution in [-0.2, 0) is 9.53 Å². The van der Waals surface area contributed by atoms with Crippen molar-refractivity contribution in [3.63, 3.8) is 0 Å². The topological polar surface area (TPSA) is 82.6 Å². The summed E-state index contributed by atoms with van der Waals surface area (Å²) in [6, 6.07) is 8.41. The summed E-state index contributed by atoms with van der Waals surface area (Å²) >= 11 is 0. The molecule has 3 rings (SSSR count). The molecule has 1 atom stereocenters. The molecule has 2 aromatic rings. The first-order valence-electron chi connectivity index (χ1n) is 8.97. The second kappa shape index (κ2) is 8.90. The van der Waals surface area contributed by atoms with Crippen molar-refractivity contribution in [2.24, 2.45) is 5.92 Å². The fraction of sp³-hybridized carbons (Fsp3) is 0.500. The minimum atomic E-state index is -0.318. The largest absolute Gasteiger partial charge is 0.497 e. The molecule has 1 aliphatic heterocycles. The number of hydrogen-bond acceptors (Lipinski definition) is 6. The summed E-state index contributed by atoms with van der Waals surface area (Å²) in [6.07, 6.45) is 3.61. The SMILES string of the molecule is CC(C)(C)OC=O.COc1cccc(C(C2CN(C)C2)n2cc(N)cn2)c1. The Labute approximate surface area is 161 Å². The molecule has 7 nitrogen and oxygen atoms in total. The number of nitrogens with zero attached hydrogens (tertiary/aromatic N) is 3. The van der Waals surface area contributed by atoms with Gasteiger partial charge in [0.15, 0.2) is 0 Å². The van der Waals surface area contributed by atoms with E-state index in [1.54, 1.807) is 13.3 Å². The van der Waals surface area contributed by atoms with Crippen LogP contribution in [0.2, 0.25) is 0 Å². The third-order valence-corrected chi connectivity index (χ3v) is 4.28. The lowest BCUT2D eigenvalue weighted by atomic mass is 9.87. The minimum Gasteiger partial charge on any atom is -0.497 e. The van der Waals surface area contributed by atoms with Crippen molar-refractivity contribution in [2.45, 2.75) is 32.4 Å². The molecule has 1 aromatic heterocycles. The molecule has 1 fully saturated rings. The highest BCUT2D eigenvalue weighted by Crippen LogP contribution is 2.34. The van der Waals surface area contributed by atoms with Crippen molar-refractivity contribution < 1.29 is 14.3 Å². The van der Waals surface area contributed by atoms with Crippen LogP contribution in [0, 0.1) is 5.92 Å². The van der Waals surface area contributed by atoms with Crippen LogP contribution in [0.1, 0.15) is 32.4 Å². The van der Waals surface area contributed by atoms with Gasteiger partial charge in [0.05, 0.1) is 25.0 Å². The molecule has 0 radical (unpaired) electrons. The third-order valence-electron chi connectivity index (χ3n) is 4.28. The molecule has 1 aliphatic rings. The van der Waals surface area contributed by atoms with E-state index >= 15 is 0 Å². The quantitative estimate of drug-likeness (QED) is 0.810. The first-order chi connectivity index (χ1) is 12.7. The molecule has 1 saturated heterocycles. The van der Waals surface area contributed by atoms with Crippen LogP contribution in [0.4, 0.5) is 5.69 Å². The van der Waals surface area contributed by atoms with Gasteiger partial charge < -0.3 is 20.1 Å². The van der Waals surface area contributed by atoms with Crippen molar-refractivity contribution in [1.82, 2.24) is 14.7 Å². The Kier molecular flexibility index (Phi) is 6.85. The lowest BCUT2D eigenvalue weighted by molar-refractivity contribution is -0.138. The number of ether oxygens (including phenoxy) is 2. The number of carbonyl (C=O) groups is 1. The number of nitrogen functional groups attached to an aromatic ring is 1. The monoisotopic (exact) mass is 374 g/mol. The molecule has 7 heteroatoms. The van der Waals surface area contributed by atoms with Crippen molar-refractivity contribution >= 4 is 12.2 Å². The van der Waals surface area contributed by atoms with Gasteiger partial charge in [-0.2, -0.15) is 5.10 Å². The number of aromatic nitrogens is 2. The van der Waals surface area contributed by atoms with Crippen molar-refractivity contribution in [1.29, 1.82) is 0 Å². The average molecular weight is 374 g/mol. The van der Waals surface area contributed by atoms with Gasteiger partial charge in [-0.1, -0.05) is 12.1 Å². The van der Waals surface area contributed by atoms with Crippen LogP contribution in [0.25, 0.3) is 0 Å². The van der Waals surface area contributed by atoms with Crippen LogP contribution >= 0.6 is 0 Å². The lowest BCUT2D eigenvalue weighted by Gasteiger charge is -2.41. The average Bonchev–Trinajstić information content (AvgIpc) is 2.99. The Morgan fingerprint density at radius 2 is 2.04 bits per heavy atom. The van der Waals surface area contributed by atoms with E-state index in [1.807, 2.05) is 43.8 Å². The van der Waals surface area contributed by atoms with E-state index in [2.05, 4.69) is 33.9 Å². The molecule has 27 heavy (non-hydrogen) atoms. The molecule has 1 aromatic carbocycles. The van der Waals surface area contributed by atoms with Crippen molar-refractivity contribution in [2.75, 3.05) is 33.0 Å². The summed E-state index contributed by atoms with van der Waals surface area (Å²) in [4.78, 5) is 11.9. The lowest BCUT2D eigenvalue weighted by Crippen LogP contribution is -2.48. The number of nitrogens with two attached hydrogens (primary N) is 1. The molecule has 0 bridgehead atoms. The Bertz CT molecular complexity index is 733. The second-order valence-corrected chi connectivity index (χ2v) is 7.78. The summed E-state index contributed by atoms with van der Waals surface area (Å²) in [5.74, 6) is 1.42. The first kappa shape index (κ1) is 20.8. The highest BCUT2D eigenvalue weighted by molar-refractivity contribution is 5.38. The Morgan fingerprint density at radius 1 is 1.33 bits per heavy atom. The summed E-state index contributed by atoms with van der Waals surface area (Å²) in [5.41, 5.74) is 7.41. The third kappa shape index (κ3) is 5.99. The van der Waals surface area contributed by atoms with E-state index in [0.29, 0.717) is 18.1 Å². The number of benzene rings is 1. The fourth-order valence-electron chi connectivity index (χ4n) is 3.06. The maximum absolute atomic E-state index is 9.60. The molecule has 0 spiro atoms. The summed E-state index contributed by atoms with van der Waals surface area (Å²) in [7, 11) is 3.83. The molecular formula is C20H30N4O3. The predicted octanol–water partition coefficient (Wildman–Crippen LogP) is 2.58. The maximum Gasteiger partial charge on any atom is 0.293 e. The number of anilines is 1. The normalized spacial score (nSPS) is 15.9. The number of carbonyl (C=O) groups excluding carboxylic acids is 1. The van der Waals surface area contributed by atoms with Gasteiger partial charge in [0.25, 0.3) is 6.47 Å². The molecule has 2 heterocycles. The number of rotatable bonds is 5. The first-order valence-corrected chi connectivity index (χ1v) is 8.97. The standard InChI is InChI=1S/C15H20N4O.C5H10O2/c1-18-8-12(9-18)15(19-10-13(16)7-17-19)11-4-3-5-14(6-11)20-2;1-5(2,3)7-4-6/h3-7,10,12,15H,8-9,16H2,1-2H3;4H,1-3H3. The van der Waals surface area contributed by atoms with Gasteiger partial charge in [-0.05, 0) is 45.5 Å². The van der Waals surface area contributed by atoms with Gasteiger partial charge in [-0.25, -0.2) is 0 Å². The van der Waals surface area contributed by atoms with Crippen LogP contribution in [0.15, 0.2) is 36.7 Å². The zero-order chi connectivity index (χ0) is 20.0. The maximum atomic E-state index is 9.60. The van der Waals surface area contributed by atoms with Crippen LogP contribution < -0.4 is 10.5 Å². The molecule has 1 unspecified atom stereocenters. The fourth-order valence-corrected chi connectivity index (χ4v) is 3.06. The van der Waals surface area contributed by atoms with Gasteiger partial charge in [0, 0.05) is 25.2 Å². The van der Waals surface area contributed by atoms with E-state index in [9.17, 15) is 4.79 Å². The number of likely N-dealkylation sites (tertiary alicyclic amines) is 1. The molecule has 0 amide bonds. The highest BCUT2D eigenvalue weighted by Gasteiger charge is 2.34. The zero-order valence-corrected chi connectivity index (χ0v) is 16.8. The minimum absolute atomic E-state index is 0.207. The smallest absolute Gasteiger partial charge is 0.293 e. The Morgan fingerprint density at radius 3 is 2.48 bits per heavy atom. The Hall–Kier alpha value is -2.54. The predicted molar refractivity (Wildman–Crippen MR) is 106 cm³/mol. The second-order valence-electron chi connectivity index (χ2n) is 7.78. The molecule has 0 saturated carbocycles. The zero-order valence-electron chi connectivity index (χ0n) is 16.8. The van der Waals surface area contributed by atoms with E-state index < -0.39 is 0 Å². The van der Waals surface area contributed by atoms with Crippen LogP contribution in [0.3, 0.4) is 0 Å². The van der Waals surface area contributed by atoms with Gasteiger partial charge >= 0.3 is 0 Å². The summed E-state index contributed by atoms with van der Waals surface area (Å²) < 4.78 is 11.9. The van der Waals surface area contributed by atoms with E-state index in [-0.39, 0.29) is 11.6 Å². The van der Waals surface area contributed by atoms with Gasteiger partial charge in [0.2, 0.25) is 0 Å². The molecule has 0 aliphatic carbocycles. The van der Waals surface area contributed by atoms with Crippen molar-refractivity contribution in [3.8, 4) is 5.75 Å².